The van der Waals surface area contributed by atoms with Crippen molar-refractivity contribution in [2.24, 2.45) is 0 Å². The van der Waals surface area contributed by atoms with Crippen molar-refractivity contribution in [3.63, 3.8) is 0 Å². The van der Waals surface area contributed by atoms with Crippen molar-refractivity contribution < 1.29 is 13.5 Å². The highest BCUT2D eigenvalue weighted by atomic mass is 32.2. The number of anilines is 1. The average molecular weight is 282 g/mol. The molecule has 0 heterocycles. The number of nitrogens with one attached hydrogen (secondary N) is 2. The second kappa shape index (κ2) is 4.47. The molecule has 1 aromatic carbocycles. The van der Waals surface area contributed by atoms with Crippen molar-refractivity contribution in [1.29, 1.82) is 0 Å². The highest BCUT2D eigenvalue weighted by Gasteiger charge is 2.41. The molecule has 0 unspecified atom stereocenters. The predicted molar refractivity (Wildman–Crippen MR) is 72.5 cm³/mol. The first-order chi connectivity index (χ1) is 9.03. The van der Waals surface area contributed by atoms with Gasteiger partial charge in [0.05, 0.1) is 17.0 Å². The molecule has 0 aliphatic heterocycles. The normalized spacial score (nSPS) is 21.1. The maximum Gasteiger partial charge on any atom is 0.240 e. The number of benzene rings is 1. The van der Waals surface area contributed by atoms with E-state index in [1.54, 1.807) is 24.3 Å². The Morgan fingerprint density at radius 1 is 1.21 bits per heavy atom. The first kappa shape index (κ1) is 12.9. The summed E-state index contributed by atoms with van der Waals surface area (Å²) in [7, 11) is -3.37. The lowest BCUT2D eigenvalue weighted by Gasteiger charge is -2.16. The molecule has 2 aliphatic carbocycles. The van der Waals surface area contributed by atoms with Gasteiger partial charge in [-0.15, -0.1) is 0 Å². The van der Waals surface area contributed by atoms with Crippen molar-refractivity contribution in [2.45, 2.75) is 42.2 Å². The van der Waals surface area contributed by atoms with E-state index in [4.69, 9.17) is 0 Å². The summed E-state index contributed by atoms with van der Waals surface area (Å²) in [6.07, 6.45) is 3.76. The number of hydrogen-bond acceptors (Lipinski definition) is 4. The van der Waals surface area contributed by atoms with E-state index in [-0.39, 0.29) is 18.2 Å². The molecule has 3 N–H and O–H groups in total. The molecule has 0 aromatic heterocycles. The topological polar surface area (TPSA) is 78.4 Å². The number of rotatable bonds is 6. The largest absolute Gasteiger partial charge is 0.394 e. The molecule has 0 amide bonds. The zero-order valence-corrected chi connectivity index (χ0v) is 11.4. The summed E-state index contributed by atoms with van der Waals surface area (Å²) in [6, 6.07) is 6.81. The third kappa shape index (κ3) is 2.91. The van der Waals surface area contributed by atoms with Crippen molar-refractivity contribution in [1.82, 2.24) is 4.72 Å². The molecule has 5 nitrogen and oxygen atoms in total. The third-order valence-electron chi connectivity index (χ3n) is 3.63. The molecule has 1 aromatic rings. The van der Waals surface area contributed by atoms with Gasteiger partial charge >= 0.3 is 0 Å². The first-order valence-corrected chi connectivity index (χ1v) is 8.03. The summed E-state index contributed by atoms with van der Waals surface area (Å²) in [5.41, 5.74) is 0.657. The number of hydrogen-bond donors (Lipinski definition) is 3. The molecule has 0 bridgehead atoms. The van der Waals surface area contributed by atoms with E-state index in [9.17, 15) is 13.5 Å². The van der Waals surface area contributed by atoms with E-state index in [1.165, 1.54) is 0 Å². The van der Waals surface area contributed by atoms with Crippen molar-refractivity contribution in [3.8, 4) is 0 Å². The second-order valence-electron chi connectivity index (χ2n) is 5.48. The van der Waals surface area contributed by atoms with E-state index in [0.29, 0.717) is 4.90 Å². The van der Waals surface area contributed by atoms with Crippen LogP contribution in [0, 0.1) is 0 Å². The summed E-state index contributed by atoms with van der Waals surface area (Å²) < 4.78 is 26.6. The summed E-state index contributed by atoms with van der Waals surface area (Å²) in [4.78, 5) is 0.291. The van der Waals surface area contributed by atoms with Gasteiger partial charge in [0.15, 0.2) is 0 Å². The lowest BCUT2D eigenvalue weighted by Crippen LogP contribution is -2.26. The van der Waals surface area contributed by atoms with Crippen LogP contribution in [0.4, 0.5) is 5.69 Å². The van der Waals surface area contributed by atoms with E-state index in [2.05, 4.69) is 10.0 Å². The molecule has 0 radical (unpaired) electrons. The SMILES string of the molecule is O=S(=O)(NC1CC1)c1ccc(NC2(CO)CC2)cc1. The summed E-state index contributed by atoms with van der Waals surface area (Å²) in [5, 5.41) is 12.5. The Morgan fingerprint density at radius 3 is 2.32 bits per heavy atom. The molecule has 0 spiro atoms. The molecule has 3 rings (SSSR count). The minimum Gasteiger partial charge on any atom is -0.394 e. The van der Waals surface area contributed by atoms with Gasteiger partial charge in [-0.05, 0) is 49.9 Å². The molecule has 19 heavy (non-hydrogen) atoms. The van der Waals surface area contributed by atoms with E-state index >= 15 is 0 Å². The van der Waals surface area contributed by atoms with E-state index in [1.807, 2.05) is 0 Å². The molecule has 104 valence electrons. The molecular formula is C13H18N2O3S. The molecular weight excluding hydrogens is 264 g/mol. The zero-order chi connectivity index (χ0) is 13.5. The Hall–Kier alpha value is -1.11. The van der Waals surface area contributed by atoms with Crippen LogP contribution >= 0.6 is 0 Å². The minimum absolute atomic E-state index is 0.107. The number of aliphatic hydroxyl groups excluding tert-OH is 1. The molecule has 2 aliphatic rings. The quantitative estimate of drug-likeness (QED) is 0.729. The predicted octanol–water partition coefficient (Wildman–Crippen LogP) is 1.06. The van der Waals surface area contributed by atoms with Crippen molar-refractivity contribution >= 4 is 15.7 Å². The van der Waals surface area contributed by atoms with Gasteiger partial charge in [0.1, 0.15) is 0 Å². The van der Waals surface area contributed by atoms with Gasteiger partial charge in [-0.25, -0.2) is 13.1 Å². The highest BCUT2D eigenvalue weighted by molar-refractivity contribution is 7.89. The van der Waals surface area contributed by atoms with Gasteiger partial charge in [-0.2, -0.15) is 0 Å². The van der Waals surface area contributed by atoms with Crippen molar-refractivity contribution in [2.75, 3.05) is 11.9 Å². The number of aliphatic hydroxyl groups is 1. The molecule has 2 fully saturated rings. The van der Waals surface area contributed by atoms with Crippen LogP contribution < -0.4 is 10.0 Å². The molecule has 0 saturated heterocycles. The van der Waals surface area contributed by atoms with Gasteiger partial charge in [0.25, 0.3) is 0 Å². The van der Waals surface area contributed by atoms with Gasteiger partial charge in [-0.1, -0.05) is 0 Å². The summed E-state index contributed by atoms with van der Waals surface area (Å²) in [6.45, 7) is 0.107. The smallest absolute Gasteiger partial charge is 0.240 e. The Kier molecular flexibility index (Phi) is 3.03. The Labute approximate surface area is 113 Å². The van der Waals surface area contributed by atoms with Crippen molar-refractivity contribution in [3.05, 3.63) is 24.3 Å². The van der Waals surface area contributed by atoms with Gasteiger partial charge < -0.3 is 10.4 Å². The Bertz CT molecular complexity index is 560. The fourth-order valence-corrected chi connectivity index (χ4v) is 3.29. The summed E-state index contributed by atoms with van der Waals surface area (Å²) in [5.74, 6) is 0. The van der Waals surface area contributed by atoms with Crippen LogP contribution in [-0.2, 0) is 10.0 Å². The van der Waals surface area contributed by atoms with E-state index < -0.39 is 10.0 Å². The standard InChI is InChI=1S/C13H18N2O3S/c16-9-13(7-8-13)14-10-3-5-12(6-4-10)19(17,18)15-11-1-2-11/h3-6,11,14-16H,1-2,7-9H2. The first-order valence-electron chi connectivity index (χ1n) is 6.55. The lowest BCUT2D eigenvalue weighted by atomic mass is 10.2. The highest BCUT2D eigenvalue weighted by Crippen LogP contribution is 2.38. The Morgan fingerprint density at radius 2 is 1.84 bits per heavy atom. The fourth-order valence-electron chi connectivity index (χ4n) is 1.99. The van der Waals surface area contributed by atoms with Crippen LogP contribution in [0.5, 0.6) is 0 Å². The van der Waals surface area contributed by atoms with Crippen LogP contribution in [0.25, 0.3) is 0 Å². The van der Waals surface area contributed by atoms with E-state index in [0.717, 1.165) is 31.4 Å². The number of sulfonamides is 1. The van der Waals surface area contributed by atoms with Crippen LogP contribution in [0.3, 0.4) is 0 Å². The maximum absolute atomic E-state index is 12.0. The molecule has 0 atom stereocenters. The summed E-state index contributed by atoms with van der Waals surface area (Å²) >= 11 is 0. The molecule has 2 saturated carbocycles. The second-order valence-corrected chi connectivity index (χ2v) is 7.20. The average Bonchev–Trinajstić information content (AvgIpc) is 3.28. The van der Waals surface area contributed by atoms with Gasteiger partial charge in [-0.3, -0.25) is 0 Å². The van der Waals surface area contributed by atoms with Crippen LogP contribution in [0.1, 0.15) is 25.7 Å². The lowest BCUT2D eigenvalue weighted by molar-refractivity contribution is 0.266. The third-order valence-corrected chi connectivity index (χ3v) is 5.17. The minimum atomic E-state index is -3.37. The van der Waals surface area contributed by atoms with Gasteiger partial charge in [0, 0.05) is 11.7 Å². The fraction of sp³-hybridized carbons (Fsp3) is 0.538. The Balaban J connectivity index is 1.71. The molecule has 6 heteroatoms. The van der Waals surface area contributed by atoms with Crippen LogP contribution in [0.15, 0.2) is 29.2 Å². The van der Waals surface area contributed by atoms with Gasteiger partial charge in [0.2, 0.25) is 10.0 Å². The van der Waals surface area contributed by atoms with Crippen LogP contribution in [-0.4, -0.2) is 31.7 Å². The zero-order valence-electron chi connectivity index (χ0n) is 10.6. The monoisotopic (exact) mass is 282 g/mol. The maximum atomic E-state index is 12.0. The van der Waals surface area contributed by atoms with Crippen LogP contribution in [0.2, 0.25) is 0 Å².